The summed E-state index contributed by atoms with van der Waals surface area (Å²) in [5, 5.41) is 33.6. The van der Waals surface area contributed by atoms with E-state index in [2.05, 4.69) is 5.32 Å². The third-order valence-electron chi connectivity index (χ3n) is 3.78. The zero-order valence-corrected chi connectivity index (χ0v) is 14.6. The van der Waals surface area contributed by atoms with Crippen LogP contribution in [-0.4, -0.2) is 41.0 Å². The number of methoxy groups -OCH3 is 1. The van der Waals surface area contributed by atoms with Crippen LogP contribution in [0.2, 0.25) is 0 Å². The van der Waals surface area contributed by atoms with Crippen LogP contribution in [0.5, 0.6) is 5.75 Å². The number of rotatable bonds is 8. The monoisotopic (exact) mass is 376 g/mol. The van der Waals surface area contributed by atoms with Gasteiger partial charge in [0.05, 0.1) is 12.0 Å². The Morgan fingerprint density at radius 2 is 1.93 bits per heavy atom. The Bertz CT molecular complexity index is 783. The smallest absolute Gasteiger partial charge is 0.407 e. The summed E-state index contributed by atoms with van der Waals surface area (Å²) in [5.74, 6) is 0.179. The number of hydrogen-bond acceptors (Lipinski definition) is 7. The summed E-state index contributed by atoms with van der Waals surface area (Å²) in [4.78, 5) is 22.0. The predicted molar refractivity (Wildman–Crippen MR) is 95.2 cm³/mol. The molecule has 0 aliphatic carbocycles. The fourth-order valence-corrected chi connectivity index (χ4v) is 2.35. The van der Waals surface area contributed by atoms with Crippen LogP contribution in [0.3, 0.4) is 0 Å². The van der Waals surface area contributed by atoms with Crippen LogP contribution < -0.4 is 10.1 Å². The van der Waals surface area contributed by atoms with Gasteiger partial charge in [-0.2, -0.15) is 0 Å². The Hall–Kier alpha value is -3.17. The van der Waals surface area contributed by atoms with E-state index in [1.807, 2.05) is 18.2 Å². The lowest BCUT2D eigenvalue weighted by Crippen LogP contribution is -2.35. The van der Waals surface area contributed by atoms with Gasteiger partial charge in [-0.15, -0.1) is 0 Å². The minimum atomic E-state index is -1.51. The number of ether oxygens (including phenoxy) is 2. The van der Waals surface area contributed by atoms with E-state index in [1.165, 1.54) is 19.2 Å². The van der Waals surface area contributed by atoms with E-state index in [9.17, 15) is 25.1 Å². The number of nitrogens with zero attached hydrogens (tertiary/aromatic N) is 1. The van der Waals surface area contributed by atoms with E-state index in [0.717, 1.165) is 11.6 Å². The van der Waals surface area contributed by atoms with Gasteiger partial charge in [0, 0.05) is 24.2 Å². The van der Waals surface area contributed by atoms with Crippen LogP contribution in [0.25, 0.3) is 0 Å². The van der Waals surface area contributed by atoms with Crippen LogP contribution in [0, 0.1) is 10.1 Å². The van der Waals surface area contributed by atoms with Crippen molar-refractivity contribution in [2.24, 2.45) is 0 Å². The maximum atomic E-state index is 11.7. The molecule has 0 aromatic heterocycles. The summed E-state index contributed by atoms with van der Waals surface area (Å²) in [7, 11) is 1.34. The Balaban J connectivity index is 1.93. The van der Waals surface area contributed by atoms with Gasteiger partial charge in [-0.1, -0.05) is 30.3 Å². The third kappa shape index (κ3) is 5.66. The molecule has 0 saturated heterocycles. The Kier molecular flexibility index (Phi) is 7.09. The SMILES string of the molecule is COc1ccc([N+](=O)[O-])cc1C(O)C(O)CNC(=O)OCc1ccccc1. The molecule has 0 aliphatic rings. The Morgan fingerprint density at radius 1 is 1.22 bits per heavy atom. The van der Waals surface area contributed by atoms with E-state index < -0.39 is 23.2 Å². The van der Waals surface area contributed by atoms with Gasteiger partial charge in [-0.3, -0.25) is 10.1 Å². The van der Waals surface area contributed by atoms with E-state index in [1.54, 1.807) is 12.1 Å². The molecule has 144 valence electrons. The van der Waals surface area contributed by atoms with Crippen molar-refractivity contribution in [3.63, 3.8) is 0 Å². The highest BCUT2D eigenvalue weighted by atomic mass is 16.6. The molecule has 0 radical (unpaired) electrons. The molecule has 27 heavy (non-hydrogen) atoms. The van der Waals surface area contributed by atoms with Gasteiger partial charge >= 0.3 is 6.09 Å². The van der Waals surface area contributed by atoms with Crippen molar-refractivity contribution < 1.29 is 29.4 Å². The molecular formula is C18H20N2O7. The van der Waals surface area contributed by atoms with Crippen molar-refractivity contribution in [1.29, 1.82) is 0 Å². The van der Waals surface area contributed by atoms with Crippen LogP contribution in [0.15, 0.2) is 48.5 Å². The van der Waals surface area contributed by atoms with Gasteiger partial charge in [0.15, 0.2) is 0 Å². The molecule has 2 unspecified atom stereocenters. The van der Waals surface area contributed by atoms with Crippen LogP contribution >= 0.6 is 0 Å². The van der Waals surface area contributed by atoms with Crippen molar-refractivity contribution in [2.75, 3.05) is 13.7 Å². The maximum absolute atomic E-state index is 11.7. The number of amides is 1. The molecule has 2 atom stereocenters. The molecule has 2 rings (SSSR count). The summed E-state index contributed by atoms with van der Waals surface area (Å²) in [6.07, 6.45) is -3.70. The highest BCUT2D eigenvalue weighted by Gasteiger charge is 2.25. The molecule has 2 aromatic carbocycles. The number of aliphatic hydroxyl groups is 2. The zero-order valence-electron chi connectivity index (χ0n) is 14.6. The van der Waals surface area contributed by atoms with Gasteiger partial charge in [0.2, 0.25) is 0 Å². The van der Waals surface area contributed by atoms with E-state index in [-0.39, 0.29) is 30.2 Å². The van der Waals surface area contributed by atoms with Crippen molar-refractivity contribution in [1.82, 2.24) is 5.32 Å². The number of carbonyl (C=O) groups excluding carboxylic acids is 1. The summed E-state index contributed by atoms with van der Waals surface area (Å²) in [6.45, 7) is -0.259. The predicted octanol–water partition coefficient (Wildman–Crippen LogP) is 1.92. The second-order valence-electron chi connectivity index (χ2n) is 5.64. The summed E-state index contributed by atoms with van der Waals surface area (Å²) < 4.78 is 10.1. The van der Waals surface area contributed by atoms with E-state index in [4.69, 9.17) is 9.47 Å². The number of hydrogen-bond donors (Lipinski definition) is 3. The number of carbonyl (C=O) groups is 1. The molecule has 0 bridgehead atoms. The molecule has 0 aliphatic heterocycles. The molecule has 9 heteroatoms. The molecule has 2 aromatic rings. The van der Waals surface area contributed by atoms with Crippen LogP contribution in [-0.2, 0) is 11.3 Å². The van der Waals surface area contributed by atoms with E-state index in [0.29, 0.717) is 0 Å². The lowest BCUT2D eigenvalue weighted by molar-refractivity contribution is -0.385. The minimum absolute atomic E-state index is 0.0404. The molecule has 0 spiro atoms. The molecular weight excluding hydrogens is 356 g/mol. The minimum Gasteiger partial charge on any atom is -0.496 e. The van der Waals surface area contributed by atoms with Crippen molar-refractivity contribution in [2.45, 2.75) is 18.8 Å². The van der Waals surface area contributed by atoms with Crippen LogP contribution in [0.1, 0.15) is 17.2 Å². The zero-order chi connectivity index (χ0) is 19.8. The number of nitro groups is 1. The average Bonchev–Trinajstić information content (AvgIpc) is 2.70. The topological polar surface area (TPSA) is 131 Å². The largest absolute Gasteiger partial charge is 0.496 e. The van der Waals surface area contributed by atoms with Crippen molar-refractivity contribution in [3.05, 3.63) is 69.8 Å². The molecule has 0 fully saturated rings. The Labute approximate surface area is 155 Å². The fourth-order valence-electron chi connectivity index (χ4n) is 2.35. The first kappa shape index (κ1) is 20.1. The number of alkyl carbamates (subject to hydrolysis) is 1. The number of nitrogens with one attached hydrogen (secondary N) is 1. The number of nitro benzene ring substituents is 1. The number of non-ortho nitro benzene ring substituents is 1. The average molecular weight is 376 g/mol. The lowest BCUT2D eigenvalue weighted by atomic mass is 10.0. The molecule has 9 nitrogen and oxygen atoms in total. The molecule has 1 amide bonds. The van der Waals surface area contributed by atoms with Gasteiger partial charge in [0.1, 0.15) is 24.6 Å². The van der Waals surface area contributed by atoms with Gasteiger partial charge in [-0.05, 0) is 11.6 Å². The van der Waals surface area contributed by atoms with Crippen molar-refractivity contribution in [3.8, 4) is 5.75 Å². The molecule has 0 heterocycles. The lowest BCUT2D eigenvalue weighted by Gasteiger charge is -2.20. The summed E-state index contributed by atoms with van der Waals surface area (Å²) >= 11 is 0. The maximum Gasteiger partial charge on any atom is 0.407 e. The summed E-state index contributed by atoms with van der Waals surface area (Å²) in [5.41, 5.74) is 0.584. The first-order valence-corrected chi connectivity index (χ1v) is 8.05. The quantitative estimate of drug-likeness (QED) is 0.474. The third-order valence-corrected chi connectivity index (χ3v) is 3.78. The first-order chi connectivity index (χ1) is 12.9. The second kappa shape index (κ2) is 9.51. The second-order valence-corrected chi connectivity index (χ2v) is 5.64. The Morgan fingerprint density at radius 3 is 2.56 bits per heavy atom. The number of benzene rings is 2. The van der Waals surface area contributed by atoms with Gasteiger partial charge in [0.25, 0.3) is 5.69 Å². The van der Waals surface area contributed by atoms with Crippen LogP contribution in [0.4, 0.5) is 10.5 Å². The first-order valence-electron chi connectivity index (χ1n) is 8.05. The normalized spacial score (nSPS) is 12.7. The fraction of sp³-hybridized carbons (Fsp3) is 0.278. The number of aliphatic hydroxyl groups excluding tert-OH is 2. The van der Waals surface area contributed by atoms with E-state index >= 15 is 0 Å². The highest BCUT2D eigenvalue weighted by Crippen LogP contribution is 2.30. The standard InChI is InChI=1S/C18H20N2O7/c1-26-16-8-7-13(20(24)25)9-14(16)17(22)15(21)10-19-18(23)27-11-12-5-3-2-4-6-12/h2-9,15,17,21-22H,10-11H2,1H3,(H,19,23). The summed E-state index contributed by atoms with van der Waals surface area (Å²) in [6, 6.07) is 12.7. The van der Waals surface area contributed by atoms with Gasteiger partial charge < -0.3 is 25.0 Å². The highest BCUT2D eigenvalue weighted by molar-refractivity contribution is 5.67. The van der Waals surface area contributed by atoms with Gasteiger partial charge in [-0.25, -0.2) is 4.79 Å². The van der Waals surface area contributed by atoms with Crippen molar-refractivity contribution >= 4 is 11.8 Å². The molecule has 0 saturated carbocycles. The molecule has 3 N–H and O–H groups in total.